The first-order valence-electron chi connectivity index (χ1n) is 9.56. The normalized spacial score (nSPS) is 22.2. The van der Waals surface area contributed by atoms with Crippen LogP contribution in [0.5, 0.6) is 0 Å². The van der Waals surface area contributed by atoms with Crippen LogP contribution in [0.25, 0.3) is 0 Å². The first-order chi connectivity index (χ1) is 12.4. The minimum atomic E-state index is -3.38. The molecule has 1 amide bonds. The van der Waals surface area contributed by atoms with Crippen molar-refractivity contribution in [3.8, 4) is 0 Å². The van der Waals surface area contributed by atoms with E-state index in [1.165, 1.54) is 35.5 Å². The van der Waals surface area contributed by atoms with Gasteiger partial charge in [0.05, 0.1) is 26.2 Å². The van der Waals surface area contributed by atoms with Gasteiger partial charge in [-0.2, -0.15) is 4.31 Å². The van der Waals surface area contributed by atoms with Gasteiger partial charge >= 0.3 is 0 Å². The maximum absolute atomic E-state index is 12.9. The van der Waals surface area contributed by atoms with E-state index in [0.717, 1.165) is 12.8 Å². The summed E-state index contributed by atoms with van der Waals surface area (Å²) in [6, 6.07) is 3.68. The highest BCUT2D eigenvalue weighted by Crippen LogP contribution is 2.22. The minimum Gasteiger partial charge on any atom is -0.338 e. The van der Waals surface area contributed by atoms with Gasteiger partial charge in [-0.3, -0.25) is 4.79 Å². The fourth-order valence-electron chi connectivity index (χ4n) is 4.11. The topological polar surface area (TPSA) is 62.1 Å². The van der Waals surface area contributed by atoms with Crippen LogP contribution in [0.1, 0.15) is 39.0 Å². The van der Waals surface area contributed by atoms with Crippen molar-refractivity contribution in [3.05, 3.63) is 17.5 Å². The lowest BCUT2D eigenvalue weighted by molar-refractivity contribution is -0.918. The van der Waals surface area contributed by atoms with Gasteiger partial charge in [0.2, 0.25) is 0 Å². The molecular formula is C18H30N3O3S2+. The summed E-state index contributed by atoms with van der Waals surface area (Å²) < 4.78 is 27.2. The molecular weight excluding hydrogens is 370 g/mol. The predicted octanol–water partition coefficient (Wildman–Crippen LogP) is 0.817. The number of nitrogens with zero attached hydrogens (tertiary/aromatic N) is 2. The first kappa shape index (κ1) is 19.8. The molecule has 2 fully saturated rings. The SMILES string of the molecule is C[C@@H](C(=O)N(C)C1CCCCC1)[NH+]1CCN(S(=O)(=O)c2cccs2)CC1. The summed E-state index contributed by atoms with van der Waals surface area (Å²) in [5.41, 5.74) is 0. The number of rotatable bonds is 5. The van der Waals surface area contributed by atoms with Crippen molar-refractivity contribution >= 4 is 27.3 Å². The van der Waals surface area contributed by atoms with Crippen molar-refractivity contribution in [1.29, 1.82) is 0 Å². The molecule has 1 aromatic heterocycles. The van der Waals surface area contributed by atoms with E-state index >= 15 is 0 Å². The summed E-state index contributed by atoms with van der Waals surface area (Å²) in [5.74, 6) is 0.196. The van der Waals surface area contributed by atoms with Crippen molar-refractivity contribution in [3.63, 3.8) is 0 Å². The Balaban J connectivity index is 1.56. The maximum atomic E-state index is 12.9. The first-order valence-corrected chi connectivity index (χ1v) is 11.9. The van der Waals surface area contributed by atoms with E-state index in [-0.39, 0.29) is 11.9 Å². The molecule has 26 heavy (non-hydrogen) atoms. The third-order valence-corrected chi connectivity index (χ3v) is 9.18. The highest BCUT2D eigenvalue weighted by Gasteiger charge is 2.36. The summed E-state index contributed by atoms with van der Waals surface area (Å²) in [7, 11) is -1.44. The van der Waals surface area contributed by atoms with E-state index in [4.69, 9.17) is 0 Å². The van der Waals surface area contributed by atoms with Crippen molar-refractivity contribution in [2.24, 2.45) is 0 Å². The van der Waals surface area contributed by atoms with Crippen LogP contribution in [0.2, 0.25) is 0 Å². The number of hydrogen-bond donors (Lipinski definition) is 1. The zero-order valence-corrected chi connectivity index (χ0v) is 17.3. The van der Waals surface area contributed by atoms with Gasteiger partial charge in [-0.05, 0) is 31.2 Å². The number of carbonyl (C=O) groups excluding carboxylic acids is 1. The Labute approximate surface area is 160 Å². The van der Waals surface area contributed by atoms with Gasteiger partial charge in [0, 0.05) is 13.1 Å². The summed E-state index contributed by atoms with van der Waals surface area (Å²) in [5, 5.41) is 1.79. The van der Waals surface area contributed by atoms with E-state index in [0.29, 0.717) is 36.4 Å². The number of thiophene rings is 1. The van der Waals surface area contributed by atoms with Gasteiger partial charge in [-0.25, -0.2) is 8.42 Å². The Kier molecular flexibility index (Phi) is 6.37. The molecule has 2 aliphatic rings. The molecule has 0 unspecified atom stereocenters. The van der Waals surface area contributed by atoms with Crippen LogP contribution in [-0.4, -0.2) is 68.8 Å². The van der Waals surface area contributed by atoms with E-state index in [1.54, 1.807) is 21.8 Å². The van der Waals surface area contributed by atoms with E-state index in [2.05, 4.69) is 0 Å². The van der Waals surface area contributed by atoms with Gasteiger partial charge in [0.1, 0.15) is 4.21 Å². The van der Waals surface area contributed by atoms with E-state index in [1.807, 2.05) is 18.9 Å². The van der Waals surface area contributed by atoms with Crippen molar-refractivity contribution in [2.45, 2.75) is 55.3 Å². The zero-order chi connectivity index (χ0) is 18.7. The van der Waals surface area contributed by atoms with Crippen molar-refractivity contribution in [2.75, 3.05) is 33.2 Å². The Morgan fingerprint density at radius 2 is 1.92 bits per heavy atom. The largest absolute Gasteiger partial charge is 0.338 e. The molecule has 2 heterocycles. The van der Waals surface area contributed by atoms with Gasteiger partial charge in [-0.1, -0.05) is 25.3 Å². The molecule has 1 saturated carbocycles. The fourth-order valence-corrected chi connectivity index (χ4v) is 6.70. The molecule has 0 bridgehead atoms. The second kappa shape index (κ2) is 8.37. The smallest absolute Gasteiger partial charge is 0.280 e. The zero-order valence-electron chi connectivity index (χ0n) is 15.7. The van der Waals surface area contributed by atoms with Crippen molar-refractivity contribution < 1.29 is 18.1 Å². The fraction of sp³-hybridized carbons (Fsp3) is 0.722. The summed E-state index contributed by atoms with van der Waals surface area (Å²) in [4.78, 5) is 16.0. The molecule has 6 nitrogen and oxygen atoms in total. The van der Waals surface area contributed by atoms with Crippen LogP contribution in [0.3, 0.4) is 0 Å². The molecule has 0 radical (unpaired) electrons. The Bertz CT molecular complexity index is 691. The predicted molar refractivity (Wildman–Crippen MR) is 103 cm³/mol. The summed E-state index contributed by atoms with van der Waals surface area (Å²) in [6.45, 7) is 4.28. The number of hydrogen-bond acceptors (Lipinski definition) is 4. The van der Waals surface area contributed by atoms with Crippen molar-refractivity contribution in [1.82, 2.24) is 9.21 Å². The van der Waals surface area contributed by atoms with Crippen LogP contribution < -0.4 is 4.90 Å². The van der Waals surface area contributed by atoms with E-state index < -0.39 is 10.0 Å². The number of likely N-dealkylation sites (N-methyl/N-ethyl adjacent to an activating group) is 1. The second-order valence-electron chi connectivity index (χ2n) is 7.46. The van der Waals surface area contributed by atoms with Gasteiger partial charge < -0.3 is 9.80 Å². The Morgan fingerprint density at radius 1 is 1.27 bits per heavy atom. The standard InChI is InChI=1S/C18H29N3O3S2/c1-15(18(22)19(2)16-7-4-3-5-8-16)20-10-12-21(13-11-20)26(23,24)17-9-6-14-25-17/h6,9,14-16H,3-5,7-8,10-13H2,1-2H3/p+1/t15-/m0/s1. The third-order valence-electron chi connectivity index (χ3n) is 5.91. The quantitative estimate of drug-likeness (QED) is 0.796. The molecule has 8 heteroatoms. The monoisotopic (exact) mass is 400 g/mol. The molecule has 0 aromatic carbocycles. The molecule has 1 saturated heterocycles. The molecule has 1 aliphatic heterocycles. The van der Waals surface area contributed by atoms with Crippen LogP contribution in [0.4, 0.5) is 0 Å². The third kappa shape index (κ3) is 4.13. The van der Waals surface area contributed by atoms with E-state index in [9.17, 15) is 13.2 Å². The molecule has 1 aliphatic carbocycles. The summed E-state index contributed by atoms with van der Waals surface area (Å²) in [6.07, 6.45) is 5.92. The number of piperazine rings is 1. The number of quaternary nitrogens is 1. The molecule has 1 aromatic rings. The highest BCUT2D eigenvalue weighted by atomic mass is 32.2. The minimum absolute atomic E-state index is 0.117. The van der Waals surface area contributed by atoms with Crippen LogP contribution in [0.15, 0.2) is 21.7 Å². The number of carbonyl (C=O) groups is 1. The number of amides is 1. The van der Waals surface area contributed by atoms with Gasteiger partial charge in [-0.15, -0.1) is 11.3 Å². The molecule has 3 rings (SSSR count). The number of nitrogens with one attached hydrogen (secondary N) is 1. The number of sulfonamides is 1. The molecule has 146 valence electrons. The lowest BCUT2D eigenvalue weighted by Crippen LogP contribution is -3.19. The highest BCUT2D eigenvalue weighted by molar-refractivity contribution is 7.91. The van der Waals surface area contributed by atoms with Crippen LogP contribution >= 0.6 is 11.3 Å². The Morgan fingerprint density at radius 3 is 2.50 bits per heavy atom. The molecule has 1 atom stereocenters. The van der Waals surface area contributed by atoms with Gasteiger partial charge in [0.15, 0.2) is 6.04 Å². The lowest BCUT2D eigenvalue weighted by atomic mass is 9.94. The summed E-state index contributed by atoms with van der Waals surface area (Å²) >= 11 is 1.26. The molecule has 1 N–H and O–H groups in total. The maximum Gasteiger partial charge on any atom is 0.280 e. The van der Waals surface area contributed by atoms with Crippen LogP contribution in [-0.2, 0) is 14.8 Å². The van der Waals surface area contributed by atoms with Crippen LogP contribution in [0, 0.1) is 0 Å². The Hall–Kier alpha value is -0.960. The molecule has 0 spiro atoms. The average Bonchev–Trinajstić information content (AvgIpc) is 3.23. The lowest BCUT2D eigenvalue weighted by Gasteiger charge is -2.37. The second-order valence-corrected chi connectivity index (χ2v) is 10.6. The van der Waals surface area contributed by atoms with Gasteiger partial charge in [0.25, 0.3) is 15.9 Å². The average molecular weight is 401 g/mol.